The molecule has 3 rings (SSSR count). The molecule has 0 saturated heterocycles. The van der Waals surface area contributed by atoms with Gasteiger partial charge in [-0.3, -0.25) is 0 Å². The van der Waals surface area contributed by atoms with Crippen molar-refractivity contribution in [2.45, 2.75) is 25.9 Å². The van der Waals surface area contributed by atoms with E-state index in [-0.39, 0.29) is 10.7 Å². The lowest BCUT2D eigenvalue weighted by Gasteiger charge is -2.26. The van der Waals surface area contributed by atoms with Gasteiger partial charge in [-0.15, -0.1) is 0 Å². The van der Waals surface area contributed by atoms with Crippen LogP contribution in [0.3, 0.4) is 0 Å². The summed E-state index contributed by atoms with van der Waals surface area (Å²) in [6.45, 7) is 4.50. The second-order valence-corrected chi connectivity index (χ2v) is 7.37. The van der Waals surface area contributed by atoms with Gasteiger partial charge in [0.15, 0.2) is 0 Å². The highest BCUT2D eigenvalue weighted by Crippen LogP contribution is 2.34. The Bertz CT molecular complexity index is 995. The van der Waals surface area contributed by atoms with Crippen LogP contribution in [0.25, 0.3) is 0 Å². The maximum Gasteiger partial charge on any atom is 0.222 e. The average molecular weight is 398 g/mol. The summed E-state index contributed by atoms with van der Waals surface area (Å²) in [5.41, 5.74) is 3.02. The van der Waals surface area contributed by atoms with E-state index < -0.39 is 0 Å². The molecule has 0 aliphatic heterocycles. The zero-order chi connectivity index (χ0) is 19.4. The summed E-state index contributed by atoms with van der Waals surface area (Å²) < 4.78 is 5.76. The Labute approximate surface area is 168 Å². The predicted octanol–water partition coefficient (Wildman–Crippen LogP) is 5.56. The molecule has 1 aromatic heterocycles. The smallest absolute Gasteiger partial charge is 0.222 e. The van der Waals surface area contributed by atoms with Crippen molar-refractivity contribution in [2.75, 3.05) is 0 Å². The Hall–Kier alpha value is -2.61. The summed E-state index contributed by atoms with van der Waals surface area (Å²) in [5.74, 6) is 0.730. The van der Waals surface area contributed by atoms with Crippen molar-refractivity contribution >= 4 is 23.2 Å². The van der Waals surface area contributed by atoms with Crippen LogP contribution in [0.2, 0.25) is 10.3 Å². The zero-order valence-corrected chi connectivity index (χ0v) is 16.4. The van der Waals surface area contributed by atoms with Gasteiger partial charge in [-0.1, -0.05) is 37.6 Å². The standard InChI is InChI=1S/C21H17Cl2N3O/c1-21(2,16-9-14(12-24)10-17(22)11-16)15-3-5-19(6-4-15)27-13-18-7-8-25-20(23)26-18/h3-11H,13H2,1-2H3. The third-order valence-corrected chi connectivity index (χ3v) is 4.80. The lowest BCUT2D eigenvalue weighted by atomic mass is 9.78. The summed E-state index contributed by atoms with van der Waals surface area (Å²) >= 11 is 11.9. The summed E-state index contributed by atoms with van der Waals surface area (Å²) in [5, 5.41) is 9.94. The summed E-state index contributed by atoms with van der Waals surface area (Å²) in [6, 6.07) is 17.2. The highest BCUT2D eigenvalue weighted by atomic mass is 35.5. The zero-order valence-electron chi connectivity index (χ0n) is 14.9. The van der Waals surface area contributed by atoms with Crippen LogP contribution < -0.4 is 4.74 Å². The summed E-state index contributed by atoms with van der Waals surface area (Å²) in [7, 11) is 0. The van der Waals surface area contributed by atoms with E-state index in [0.29, 0.717) is 22.9 Å². The maximum atomic E-state index is 9.19. The van der Waals surface area contributed by atoms with Crippen molar-refractivity contribution in [3.05, 3.63) is 87.4 Å². The number of halogens is 2. The van der Waals surface area contributed by atoms with Crippen molar-refractivity contribution in [3.8, 4) is 11.8 Å². The molecule has 27 heavy (non-hydrogen) atoms. The molecule has 0 N–H and O–H groups in total. The number of hydrogen-bond donors (Lipinski definition) is 0. The Balaban J connectivity index is 1.78. The molecule has 4 nitrogen and oxygen atoms in total. The van der Waals surface area contributed by atoms with E-state index in [1.54, 1.807) is 18.3 Å². The molecule has 1 heterocycles. The quantitative estimate of drug-likeness (QED) is 0.528. The summed E-state index contributed by atoms with van der Waals surface area (Å²) in [6.07, 6.45) is 1.60. The first kappa shape index (κ1) is 19.2. The number of rotatable bonds is 5. The SMILES string of the molecule is CC(C)(c1ccc(OCc2ccnc(Cl)n2)cc1)c1cc(Cl)cc(C#N)c1. The Kier molecular flexibility index (Phi) is 5.65. The van der Waals surface area contributed by atoms with E-state index in [1.165, 1.54) is 0 Å². The Morgan fingerprint density at radius 1 is 1.04 bits per heavy atom. The van der Waals surface area contributed by atoms with E-state index in [0.717, 1.165) is 16.9 Å². The molecule has 0 bridgehead atoms. The molecule has 2 aromatic carbocycles. The average Bonchev–Trinajstić information content (AvgIpc) is 2.66. The van der Waals surface area contributed by atoms with Crippen LogP contribution in [-0.2, 0) is 12.0 Å². The van der Waals surface area contributed by atoms with Gasteiger partial charge in [0.1, 0.15) is 12.4 Å². The number of hydrogen-bond acceptors (Lipinski definition) is 4. The van der Waals surface area contributed by atoms with Gasteiger partial charge in [-0.2, -0.15) is 5.26 Å². The third-order valence-electron chi connectivity index (χ3n) is 4.40. The van der Waals surface area contributed by atoms with Gasteiger partial charge in [0.05, 0.1) is 17.3 Å². The van der Waals surface area contributed by atoms with Gasteiger partial charge in [-0.05, 0) is 59.1 Å². The molecule has 136 valence electrons. The molecule has 6 heteroatoms. The van der Waals surface area contributed by atoms with Gasteiger partial charge in [0.2, 0.25) is 5.28 Å². The minimum Gasteiger partial charge on any atom is -0.487 e. The van der Waals surface area contributed by atoms with E-state index in [1.807, 2.05) is 36.4 Å². The third kappa shape index (κ3) is 4.57. The molecule has 0 amide bonds. The molecule has 0 atom stereocenters. The number of aromatic nitrogens is 2. The second-order valence-electron chi connectivity index (χ2n) is 6.60. The van der Waals surface area contributed by atoms with Crippen molar-refractivity contribution < 1.29 is 4.74 Å². The van der Waals surface area contributed by atoms with Gasteiger partial charge < -0.3 is 4.74 Å². The normalized spacial score (nSPS) is 11.1. The van der Waals surface area contributed by atoms with Crippen LogP contribution in [0.15, 0.2) is 54.7 Å². The molecule has 3 aromatic rings. The van der Waals surface area contributed by atoms with E-state index in [2.05, 4.69) is 29.9 Å². The number of ether oxygens (including phenoxy) is 1. The Morgan fingerprint density at radius 2 is 1.78 bits per heavy atom. The first-order valence-corrected chi connectivity index (χ1v) is 9.06. The fourth-order valence-corrected chi connectivity index (χ4v) is 3.16. The molecule has 0 radical (unpaired) electrons. The molecule has 0 aliphatic rings. The second kappa shape index (κ2) is 7.96. The molecule has 0 fully saturated rings. The summed E-state index contributed by atoms with van der Waals surface area (Å²) in [4.78, 5) is 7.95. The van der Waals surface area contributed by atoms with Gasteiger partial charge in [0, 0.05) is 16.6 Å². The number of benzene rings is 2. The van der Waals surface area contributed by atoms with E-state index >= 15 is 0 Å². The van der Waals surface area contributed by atoms with Crippen LogP contribution in [0.1, 0.15) is 36.2 Å². The van der Waals surface area contributed by atoms with Crippen molar-refractivity contribution in [1.82, 2.24) is 9.97 Å². The Morgan fingerprint density at radius 3 is 2.44 bits per heavy atom. The first-order chi connectivity index (χ1) is 12.9. The van der Waals surface area contributed by atoms with Crippen LogP contribution in [0, 0.1) is 11.3 Å². The van der Waals surface area contributed by atoms with Crippen LogP contribution in [0.4, 0.5) is 0 Å². The van der Waals surface area contributed by atoms with Gasteiger partial charge >= 0.3 is 0 Å². The number of nitriles is 1. The monoisotopic (exact) mass is 397 g/mol. The molecule has 0 spiro atoms. The van der Waals surface area contributed by atoms with Gasteiger partial charge in [0.25, 0.3) is 0 Å². The van der Waals surface area contributed by atoms with Crippen molar-refractivity contribution in [2.24, 2.45) is 0 Å². The molecular weight excluding hydrogens is 381 g/mol. The fraction of sp³-hybridized carbons (Fsp3) is 0.190. The van der Waals surface area contributed by atoms with Crippen molar-refractivity contribution in [3.63, 3.8) is 0 Å². The molecule has 0 saturated carbocycles. The molecule has 0 unspecified atom stereocenters. The first-order valence-electron chi connectivity index (χ1n) is 8.30. The number of nitrogens with zero attached hydrogens (tertiary/aromatic N) is 3. The largest absolute Gasteiger partial charge is 0.487 e. The fourth-order valence-electron chi connectivity index (χ4n) is 2.76. The minimum absolute atomic E-state index is 0.200. The van der Waals surface area contributed by atoms with Gasteiger partial charge in [-0.25, -0.2) is 9.97 Å². The minimum atomic E-state index is -0.310. The van der Waals surface area contributed by atoms with Crippen LogP contribution in [0.5, 0.6) is 5.75 Å². The van der Waals surface area contributed by atoms with Crippen LogP contribution >= 0.6 is 23.2 Å². The maximum absolute atomic E-state index is 9.19. The molecule has 0 aliphatic carbocycles. The lowest BCUT2D eigenvalue weighted by molar-refractivity contribution is 0.301. The van der Waals surface area contributed by atoms with Crippen molar-refractivity contribution in [1.29, 1.82) is 5.26 Å². The van der Waals surface area contributed by atoms with E-state index in [9.17, 15) is 5.26 Å². The molecular formula is C21H17Cl2N3O. The highest BCUT2D eigenvalue weighted by molar-refractivity contribution is 6.30. The predicted molar refractivity (Wildman–Crippen MR) is 106 cm³/mol. The van der Waals surface area contributed by atoms with E-state index in [4.69, 9.17) is 27.9 Å². The lowest BCUT2D eigenvalue weighted by Crippen LogP contribution is -2.19. The topological polar surface area (TPSA) is 58.8 Å². The highest BCUT2D eigenvalue weighted by Gasteiger charge is 2.24. The van der Waals surface area contributed by atoms with Crippen LogP contribution in [-0.4, -0.2) is 9.97 Å².